The van der Waals surface area contributed by atoms with Gasteiger partial charge in [0, 0.05) is 27.2 Å². The Morgan fingerprint density at radius 2 is 2.06 bits per heavy atom. The van der Waals surface area contributed by atoms with E-state index in [0.29, 0.717) is 19.0 Å². The van der Waals surface area contributed by atoms with E-state index in [9.17, 15) is 8.42 Å². The van der Waals surface area contributed by atoms with Gasteiger partial charge in [0.2, 0.25) is 0 Å². The Bertz CT molecular complexity index is 293. The van der Waals surface area contributed by atoms with Crippen LogP contribution in [0.1, 0.15) is 12.8 Å². The monoisotopic (exact) mass is 271 g/mol. The molecule has 1 N–H and O–H groups in total. The van der Waals surface area contributed by atoms with E-state index in [-0.39, 0.29) is 12.4 Å². The summed E-state index contributed by atoms with van der Waals surface area (Å²) in [5.41, 5.74) is 0. The van der Waals surface area contributed by atoms with Gasteiger partial charge in [-0.3, -0.25) is 0 Å². The molecular formula is C9H22ClN3O2S. The van der Waals surface area contributed by atoms with Crippen molar-refractivity contribution in [2.24, 2.45) is 5.92 Å². The normalized spacial score (nSPS) is 23.1. The number of piperidine rings is 1. The SMILES string of the molecule is CNCC1CCCN(S(=O)(=O)N(C)C)C1.Cl. The molecule has 0 spiro atoms. The van der Waals surface area contributed by atoms with Gasteiger partial charge in [-0.25, -0.2) is 0 Å². The molecule has 1 unspecified atom stereocenters. The molecule has 1 rings (SSSR count). The molecule has 98 valence electrons. The first kappa shape index (κ1) is 16.1. The molecule has 0 amide bonds. The Morgan fingerprint density at radius 1 is 1.44 bits per heavy atom. The molecular weight excluding hydrogens is 250 g/mol. The van der Waals surface area contributed by atoms with Crippen molar-refractivity contribution >= 4 is 22.6 Å². The highest BCUT2D eigenvalue weighted by molar-refractivity contribution is 7.86. The third-order valence-electron chi connectivity index (χ3n) is 2.76. The third-order valence-corrected chi connectivity index (χ3v) is 4.67. The van der Waals surface area contributed by atoms with Crippen molar-refractivity contribution in [2.45, 2.75) is 12.8 Å². The molecule has 1 atom stereocenters. The minimum Gasteiger partial charge on any atom is -0.319 e. The lowest BCUT2D eigenvalue weighted by atomic mass is 10.00. The molecule has 0 aromatic rings. The first-order chi connectivity index (χ1) is 6.98. The van der Waals surface area contributed by atoms with E-state index in [1.807, 2.05) is 7.05 Å². The molecule has 1 saturated heterocycles. The van der Waals surface area contributed by atoms with E-state index >= 15 is 0 Å². The van der Waals surface area contributed by atoms with E-state index in [1.165, 1.54) is 4.31 Å². The smallest absolute Gasteiger partial charge is 0.281 e. The lowest BCUT2D eigenvalue weighted by Gasteiger charge is -2.33. The number of hydrogen-bond acceptors (Lipinski definition) is 3. The van der Waals surface area contributed by atoms with Crippen molar-refractivity contribution in [3.8, 4) is 0 Å². The van der Waals surface area contributed by atoms with Crippen LogP contribution in [0, 0.1) is 5.92 Å². The van der Waals surface area contributed by atoms with Gasteiger partial charge in [-0.05, 0) is 32.4 Å². The van der Waals surface area contributed by atoms with Crippen molar-refractivity contribution in [1.29, 1.82) is 0 Å². The molecule has 5 nitrogen and oxygen atoms in total. The molecule has 16 heavy (non-hydrogen) atoms. The summed E-state index contributed by atoms with van der Waals surface area (Å²) in [4.78, 5) is 0. The summed E-state index contributed by atoms with van der Waals surface area (Å²) in [7, 11) is 1.85. The predicted molar refractivity (Wildman–Crippen MR) is 68.1 cm³/mol. The summed E-state index contributed by atoms with van der Waals surface area (Å²) in [6.45, 7) is 2.18. The van der Waals surface area contributed by atoms with Crippen LogP contribution in [0.2, 0.25) is 0 Å². The molecule has 0 saturated carbocycles. The van der Waals surface area contributed by atoms with Crippen LogP contribution < -0.4 is 5.32 Å². The predicted octanol–water partition coefficient (Wildman–Crippen LogP) is 0.146. The van der Waals surface area contributed by atoms with Gasteiger partial charge in [-0.1, -0.05) is 0 Å². The highest BCUT2D eigenvalue weighted by Gasteiger charge is 2.29. The second-order valence-corrected chi connectivity index (χ2v) is 6.36. The molecule has 0 aromatic carbocycles. The van der Waals surface area contributed by atoms with Gasteiger partial charge < -0.3 is 5.32 Å². The number of nitrogens with zero attached hydrogens (tertiary/aromatic N) is 2. The van der Waals surface area contributed by atoms with E-state index in [1.54, 1.807) is 18.4 Å². The maximum atomic E-state index is 11.9. The zero-order valence-electron chi connectivity index (χ0n) is 10.1. The Kier molecular flexibility index (Phi) is 6.81. The number of hydrogen-bond donors (Lipinski definition) is 1. The summed E-state index contributed by atoms with van der Waals surface area (Å²) in [6.07, 6.45) is 2.07. The zero-order chi connectivity index (χ0) is 11.5. The summed E-state index contributed by atoms with van der Waals surface area (Å²) >= 11 is 0. The first-order valence-electron chi connectivity index (χ1n) is 5.30. The standard InChI is InChI=1S/C9H21N3O2S.ClH/c1-10-7-9-5-4-6-12(8-9)15(13,14)11(2)3;/h9-10H,4-8H2,1-3H3;1H. The average Bonchev–Trinajstić information content (AvgIpc) is 2.18. The fourth-order valence-corrected chi connectivity index (χ4v) is 3.14. The summed E-state index contributed by atoms with van der Waals surface area (Å²) in [6, 6.07) is 0. The highest BCUT2D eigenvalue weighted by atomic mass is 35.5. The first-order valence-corrected chi connectivity index (χ1v) is 6.70. The van der Waals surface area contributed by atoms with Crippen molar-refractivity contribution in [1.82, 2.24) is 13.9 Å². The average molecular weight is 272 g/mol. The Balaban J connectivity index is 0.00000225. The van der Waals surface area contributed by atoms with Crippen molar-refractivity contribution < 1.29 is 8.42 Å². The highest BCUT2D eigenvalue weighted by Crippen LogP contribution is 2.19. The van der Waals surface area contributed by atoms with Crippen molar-refractivity contribution in [3.05, 3.63) is 0 Å². The fourth-order valence-electron chi connectivity index (χ4n) is 1.92. The Hall–Kier alpha value is 0.120. The zero-order valence-corrected chi connectivity index (χ0v) is 11.8. The van der Waals surface area contributed by atoms with Crippen LogP contribution in [0.15, 0.2) is 0 Å². The maximum absolute atomic E-state index is 11.9. The minimum atomic E-state index is -3.21. The fraction of sp³-hybridized carbons (Fsp3) is 1.00. The second kappa shape index (κ2) is 6.76. The van der Waals surface area contributed by atoms with Gasteiger partial charge >= 0.3 is 0 Å². The molecule has 0 aliphatic carbocycles. The molecule has 1 aliphatic heterocycles. The van der Waals surface area contributed by atoms with E-state index in [4.69, 9.17) is 0 Å². The van der Waals surface area contributed by atoms with E-state index < -0.39 is 10.2 Å². The van der Waals surface area contributed by atoms with Crippen LogP contribution in [-0.4, -0.2) is 57.8 Å². The third kappa shape index (κ3) is 3.85. The van der Waals surface area contributed by atoms with Gasteiger partial charge in [0.05, 0.1) is 0 Å². The molecule has 0 radical (unpaired) electrons. The van der Waals surface area contributed by atoms with E-state index in [2.05, 4.69) is 5.32 Å². The van der Waals surface area contributed by atoms with Crippen LogP contribution in [-0.2, 0) is 10.2 Å². The van der Waals surface area contributed by atoms with Crippen LogP contribution >= 0.6 is 12.4 Å². The van der Waals surface area contributed by atoms with Gasteiger partial charge in [0.25, 0.3) is 10.2 Å². The van der Waals surface area contributed by atoms with E-state index in [0.717, 1.165) is 19.4 Å². The minimum absolute atomic E-state index is 0. The van der Waals surface area contributed by atoms with Crippen LogP contribution in [0.3, 0.4) is 0 Å². The topological polar surface area (TPSA) is 52.7 Å². The maximum Gasteiger partial charge on any atom is 0.281 e. The lowest BCUT2D eigenvalue weighted by Crippen LogP contribution is -2.46. The summed E-state index contributed by atoms with van der Waals surface area (Å²) in [5, 5.41) is 3.10. The molecule has 1 heterocycles. The molecule has 0 bridgehead atoms. The lowest BCUT2D eigenvalue weighted by molar-refractivity contribution is 0.252. The Morgan fingerprint density at radius 3 is 2.56 bits per heavy atom. The quantitative estimate of drug-likeness (QED) is 0.792. The molecule has 1 fully saturated rings. The summed E-state index contributed by atoms with van der Waals surface area (Å²) in [5.74, 6) is 0.443. The number of rotatable bonds is 4. The Labute approximate surface area is 105 Å². The molecule has 7 heteroatoms. The van der Waals surface area contributed by atoms with Crippen LogP contribution in [0.4, 0.5) is 0 Å². The van der Waals surface area contributed by atoms with Crippen molar-refractivity contribution in [2.75, 3.05) is 40.8 Å². The van der Waals surface area contributed by atoms with Gasteiger partial charge in [0.15, 0.2) is 0 Å². The second-order valence-electron chi connectivity index (χ2n) is 4.21. The van der Waals surface area contributed by atoms with Gasteiger partial charge in [-0.15, -0.1) is 12.4 Å². The number of nitrogens with one attached hydrogen (secondary N) is 1. The summed E-state index contributed by atoms with van der Waals surface area (Å²) < 4.78 is 26.6. The largest absolute Gasteiger partial charge is 0.319 e. The van der Waals surface area contributed by atoms with Gasteiger partial charge in [0.1, 0.15) is 0 Å². The van der Waals surface area contributed by atoms with Crippen LogP contribution in [0.5, 0.6) is 0 Å². The van der Waals surface area contributed by atoms with Crippen molar-refractivity contribution in [3.63, 3.8) is 0 Å². The van der Waals surface area contributed by atoms with Crippen LogP contribution in [0.25, 0.3) is 0 Å². The van der Waals surface area contributed by atoms with Gasteiger partial charge in [-0.2, -0.15) is 17.0 Å². The molecule has 1 aliphatic rings. The molecule has 0 aromatic heterocycles. The number of halogens is 1.